The van der Waals surface area contributed by atoms with Crippen LogP contribution in [0.25, 0.3) is 0 Å². The van der Waals surface area contributed by atoms with Crippen LogP contribution in [0.3, 0.4) is 0 Å². The van der Waals surface area contributed by atoms with Gasteiger partial charge in [-0.25, -0.2) is 0 Å². The van der Waals surface area contributed by atoms with Crippen LogP contribution in [0.1, 0.15) is 23.3 Å². The monoisotopic (exact) mass is 562 g/mol. The van der Waals surface area contributed by atoms with Crippen molar-refractivity contribution in [3.8, 4) is 0 Å². The zero-order valence-corrected chi connectivity index (χ0v) is 20.4. The van der Waals surface area contributed by atoms with E-state index >= 15 is 0 Å². The van der Waals surface area contributed by atoms with Gasteiger partial charge in [-0.2, -0.15) is 0 Å². The van der Waals surface area contributed by atoms with Gasteiger partial charge in [0, 0.05) is 44.1 Å². The van der Waals surface area contributed by atoms with Crippen molar-refractivity contribution in [3.05, 3.63) is 56.7 Å². The lowest BCUT2D eigenvalue weighted by atomic mass is 10.0. The second-order valence-corrected chi connectivity index (χ2v) is 9.18. The van der Waals surface area contributed by atoms with E-state index in [1.807, 2.05) is 7.05 Å². The van der Waals surface area contributed by atoms with E-state index in [9.17, 15) is 0 Å². The molecule has 148 valence electrons. The molecular weight excluding hydrogens is 535 g/mol. The third-order valence-corrected chi connectivity index (χ3v) is 6.38. The van der Waals surface area contributed by atoms with E-state index in [0.717, 1.165) is 51.4 Å². The summed E-state index contributed by atoms with van der Waals surface area (Å²) < 4.78 is 1.19. The molecule has 1 aliphatic rings. The average molecular weight is 563 g/mol. The Bertz CT molecular complexity index is 699. The highest BCUT2D eigenvalue weighted by atomic mass is 127. The van der Waals surface area contributed by atoms with Gasteiger partial charge in [0.1, 0.15) is 0 Å². The molecule has 0 atom stereocenters. The Hall–Kier alpha value is -0.640. The number of halogens is 2. The Kier molecular flexibility index (Phi) is 10.1. The summed E-state index contributed by atoms with van der Waals surface area (Å²) in [4.78, 5) is 8.30. The quantitative estimate of drug-likeness (QED) is 0.309. The highest BCUT2D eigenvalue weighted by Crippen LogP contribution is 2.22. The molecule has 7 heteroatoms. The number of benzene rings is 1. The highest BCUT2D eigenvalue weighted by Gasteiger charge is 2.19. The predicted molar refractivity (Wildman–Crippen MR) is 130 cm³/mol. The number of nitrogens with zero attached hydrogens (tertiary/aromatic N) is 2. The fraction of sp³-hybridized carbons (Fsp3) is 0.450. The van der Waals surface area contributed by atoms with Gasteiger partial charge in [-0.15, -0.1) is 35.3 Å². The van der Waals surface area contributed by atoms with E-state index < -0.39 is 0 Å². The lowest BCUT2D eigenvalue weighted by Gasteiger charge is -2.33. The van der Waals surface area contributed by atoms with E-state index in [4.69, 9.17) is 0 Å². The molecule has 1 aromatic carbocycles. The number of nitrogens with one attached hydrogen (secondary N) is 2. The van der Waals surface area contributed by atoms with Gasteiger partial charge in [-0.1, -0.05) is 30.3 Å². The molecule has 1 aromatic heterocycles. The van der Waals surface area contributed by atoms with Crippen LogP contribution in [0.4, 0.5) is 0 Å². The molecule has 0 amide bonds. The van der Waals surface area contributed by atoms with Crippen LogP contribution in [0, 0.1) is 0 Å². The van der Waals surface area contributed by atoms with Gasteiger partial charge >= 0.3 is 0 Å². The summed E-state index contributed by atoms with van der Waals surface area (Å²) in [7, 11) is 1.85. The van der Waals surface area contributed by atoms with Crippen LogP contribution in [-0.2, 0) is 13.0 Å². The molecule has 1 saturated heterocycles. The Morgan fingerprint density at radius 1 is 1.19 bits per heavy atom. The molecule has 2 aromatic rings. The van der Waals surface area contributed by atoms with Crippen LogP contribution < -0.4 is 10.6 Å². The summed E-state index contributed by atoms with van der Waals surface area (Å²) in [5, 5.41) is 7.03. The summed E-state index contributed by atoms with van der Waals surface area (Å²) in [6.45, 7) is 4.22. The van der Waals surface area contributed by atoms with Crippen LogP contribution in [0.2, 0.25) is 0 Å². The second kappa shape index (κ2) is 12.0. The maximum Gasteiger partial charge on any atom is 0.191 e. The van der Waals surface area contributed by atoms with Crippen molar-refractivity contribution in [2.75, 3.05) is 26.7 Å². The summed E-state index contributed by atoms with van der Waals surface area (Å²) >= 11 is 5.31. The smallest absolute Gasteiger partial charge is 0.191 e. The number of thiophene rings is 1. The zero-order valence-electron chi connectivity index (χ0n) is 15.7. The van der Waals surface area contributed by atoms with E-state index in [1.165, 1.54) is 14.2 Å². The fourth-order valence-corrected chi connectivity index (χ4v) is 4.74. The Labute approximate surface area is 192 Å². The van der Waals surface area contributed by atoms with Gasteiger partial charge in [0.2, 0.25) is 0 Å². The predicted octanol–water partition coefficient (Wildman–Crippen LogP) is 4.50. The van der Waals surface area contributed by atoms with E-state index in [0.29, 0.717) is 6.04 Å². The molecule has 0 saturated carbocycles. The highest BCUT2D eigenvalue weighted by molar-refractivity contribution is 14.0. The lowest BCUT2D eigenvalue weighted by Crippen LogP contribution is -2.48. The molecule has 3 rings (SSSR count). The zero-order chi connectivity index (χ0) is 18.2. The first-order chi connectivity index (χ1) is 12.7. The van der Waals surface area contributed by atoms with E-state index in [1.54, 1.807) is 11.3 Å². The number of guanidine groups is 1. The normalized spacial score (nSPS) is 16.0. The number of rotatable bonds is 6. The Balaban J connectivity index is 0.00000261. The molecule has 0 unspecified atom stereocenters. The van der Waals surface area contributed by atoms with Gasteiger partial charge in [-0.3, -0.25) is 9.89 Å². The summed E-state index contributed by atoms with van der Waals surface area (Å²) in [6.07, 6.45) is 3.34. The molecule has 0 radical (unpaired) electrons. The van der Waals surface area contributed by atoms with Gasteiger partial charge in [0.05, 0.1) is 3.79 Å². The minimum atomic E-state index is 0. The van der Waals surface area contributed by atoms with Crippen molar-refractivity contribution in [1.29, 1.82) is 0 Å². The minimum Gasteiger partial charge on any atom is -0.356 e. The molecule has 2 heterocycles. The van der Waals surface area contributed by atoms with Crippen molar-refractivity contribution >= 4 is 57.2 Å². The van der Waals surface area contributed by atoms with Crippen molar-refractivity contribution in [2.45, 2.75) is 31.8 Å². The molecule has 0 aliphatic carbocycles. The minimum absolute atomic E-state index is 0. The number of aliphatic imine (C=N–C) groups is 1. The first-order valence-corrected chi connectivity index (χ1v) is 10.8. The van der Waals surface area contributed by atoms with Crippen LogP contribution in [-0.4, -0.2) is 43.6 Å². The number of piperidine rings is 1. The second-order valence-electron chi connectivity index (χ2n) is 6.64. The van der Waals surface area contributed by atoms with Crippen LogP contribution in [0.15, 0.2) is 51.2 Å². The molecule has 4 nitrogen and oxygen atoms in total. The van der Waals surface area contributed by atoms with Crippen LogP contribution in [0.5, 0.6) is 0 Å². The molecular formula is C20H28BrIN4S. The molecule has 0 spiro atoms. The maximum absolute atomic E-state index is 4.38. The van der Waals surface area contributed by atoms with Gasteiger partial charge in [-0.05, 0) is 52.9 Å². The van der Waals surface area contributed by atoms with Gasteiger partial charge < -0.3 is 10.6 Å². The van der Waals surface area contributed by atoms with Gasteiger partial charge in [0.15, 0.2) is 5.96 Å². The number of hydrogen-bond acceptors (Lipinski definition) is 3. The Morgan fingerprint density at radius 2 is 1.93 bits per heavy atom. The molecule has 2 N–H and O–H groups in total. The van der Waals surface area contributed by atoms with Crippen molar-refractivity contribution in [2.24, 2.45) is 4.99 Å². The maximum atomic E-state index is 4.38. The largest absolute Gasteiger partial charge is 0.356 e. The summed E-state index contributed by atoms with van der Waals surface area (Å²) in [5.74, 6) is 0.919. The number of likely N-dealkylation sites (tertiary alicyclic amines) is 1. The standard InChI is InChI=1S/C20H27BrN4S.HI/c1-22-20(23-12-9-18-7-8-19(21)26-18)24-17-10-13-25(14-11-17)15-16-5-3-2-4-6-16;/h2-8,17H,9-15H2,1H3,(H2,22,23,24);1H. The number of hydrogen-bond donors (Lipinski definition) is 2. The van der Waals surface area contributed by atoms with Crippen molar-refractivity contribution < 1.29 is 0 Å². The third-order valence-electron chi connectivity index (χ3n) is 4.69. The molecule has 1 fully saturated rings. The van der Waals surface area contributed by atoms with Crippen molar-refractivity contribution in [3.63, 3.8) is 0 Å². The van der Waals surface area contributed by atoms with Gasteiger partial charge in [0.25, 0.3) is 0 Å². The molecule has 1 aliphatic heterocycles. The third kappa shape index (κ3) is 7.71. The van der Waals surface area contributed by atoms with Crippen LogP contribution >= 0.6 is 51.2 Å². The molecule has 0 bridgehead atoms. The summed E-state index contributed by atoms with van der Waals surface area (Å²) in [5.41, 5.74) is 1.40. The SMILES string of the molecule is CN=C(NCCc1ccc(Br)s1)NC1CCN(Cc2ccccc2)CC1.I. The van der Waals surface area contributed by atoms with E-state index in [-0.39, 0.29) is 24.0 Å². The first-order valence-electron chi connectivity index (χ1n) is 9.20. The molecule has 27 heavy (non-hydrogen) atoms. The first kappa shape index (κ1) is 22.6. The topological polar surface area (TPSA) is 39.7 Å². The van der Waals surface area contributed by atoms with E-state index in [2.05, 4.69) is 78.9 Å². The lowest BCUT2D eigenvalue weighted by molar-refractivity contribution is 0.198. The fourth-order valence-electron chi connectivity index (χ4n) is 3.26. The Morgan fingerprint density at radius 3 is 2.56 bits per heavy atom. The van der Waals surface area contributed by atoms with Crippen molar-refractivity contribution in [1.82, 2.24) is 15.5 Å². The summed E-state index contributed by atoms with van der Waals surface area (Å²) in [6, 6.07) is 15.5. The average Bonchev–Trinajstić information content (AvgIpc) is 3.08.